The molecule has 2 aromatic rings. The number of aromatic nitrogens is 4. The average molecular weight is 459 g/mol. The number of hydrogen-bond acceptors (Lipinski definition) is 10. The summed E-state index contributed by atoms with van der Waals surface area (Å²) in [6, 6.07) is 0.181. The highest BCUT2D eigenvalue weighted by atomic mass is 32.2. The Hall–Kier alpha value is -2.57. The molecule has 1 saturated carbocycles. The van der Waals surface area contributed by atoms with Gasteiger partial charge in [-0.3, -0.25) is 0 Å². The smallest absolute Gasteiger partial charge is 0.228 e. The van der Waals surface area contributed by atoms with E-state index in [4.69, 9.17) is 20.4 Å². The van der Waals surface area contributed by atoms with Crippen molar-refractivity contribution in [3.63, 3.8) is 0 Å². The molecule has 1 aliphatic carbocycles. The van der Waals surface area contributed by atoms with Crippen LogP contribution in [-0.4, -0.2) is 90.4 Å². The van der Waals surface area contributed by atoms with E-state index in [0.29, 0.717) is 31.6 Å². The SMILES string of the molecule is CS(=O)(=O)N1C[C@@H]2C[C@H]1[C@H]2N1CCc2c(-c3cnc(N)nc3)nc(N3CCOCC3)nc21. The summed E-state index contributed by atoms with van der Waals surface area (Å²) in [5.41, 5.74) is 8.39. The summed E-state index contributed by atoms with van der Waals surface area (Å²) < 4.78 is 31.7. The largest absolute Gasteiger partial charge is 0.378 e. The molecule has 0 spiro atoms. The fourth-order valence-corrected chi connectivity index (χ4v) is 6.71. The summed E-state index contributed by atoms with van der Waals surface area (Å²) in [5.74, 6) is 2.13. The minimum atomic E-state index is -3.21. The van der Waals surface area contributed by atoms with Gasteiger partial charge in [0.1, 0.15) is 5.82 Å². The van der Waals surface area contributed by atoms with E-state index in [-0.39, 0.29) is 18.0 Å². The lowest BCUT2D eigenvalue weighted by molar-refractivity contribution is 0.122. The Bertz CT molecular complexity index is 1150. The van der Waals surface area contributed by atoms with Gasteiger partial charge in [-0.25, -0.2) is 23.4 Å². The van der Waals surface area contributed by atoms with Crippen molar-refractivity contribution >= 4 is 27.7 Å². The summed E-state index contributed by atoms with van der Waals surface area (Å²) in [6.45, 7) is 4.13. The number of sulfonamides is 1. The summed E-state index contributed by atoms with van der Waals surface area (Å²) >= 11 is 0. The van der Waals surface area contributed by atoms with E-state index >= 15 is 0 Å². The third-order valence-corrected chi connectivity index (χ3v) is 8.35. The van der Waals surface area contributed by atoms with Gasteiger partial charge in [0.2, 0.25) is 21.9 Å². The van der Waals surface area contributed by atoms with Crippen LogP contribution >= 0.6 is 0 Å². The Kier molecular flexibility index (Phi) is 4.53. The van der Waals surface area contributed by atoms with Crippen LogP contribution in [0.1, 0.15) is 12.0 Å². The van der Waals surface area contributed by atoms with Crippen molar-refractivity contribution in [3.05, 3.63) is 18.0 Å². The fourth-order valence-electron chi connectivity index (χ4n) is 5.55. The van der Waals surface area contributed by atoms with Gasteiger partial charge in [-0.2, -0.15) is 9.29 Å². The van der Waals surface area contributed by atoms with Crippen LogP contribution < -0.4 is 15.5 Å². The Morgan fingerprint density at radius 2 is 1.88 bits per heavy atom. The first-order chi connectivity index (χ1) is 15.4. The van der Waals surface area contributed by atoms with Gasteiger partial charge in [0.25, 0.3) is 0 Å². The molecule has 11 nitrogen and oxygen atoms in total. The zero-order valence-corrected chi connectivity index (χ0v) is 18.7. The second-order valence-corrected chi connectivity index (χ2v) is 10.9. The predicted molar refractivity (Wildman–Crippen MR) is 119 cm³/mol. The standard InChI is InChI=1S/C20H26N8O3S/c1-32(29,30)28-11-12-8-15(28)17(12)27-3-2-14-16(13-9-22-19(21)23-10-13)24-20(25-18(14)27)26-4-6-31-7-5-26/h9-10,12,15,17H,2-8,11H2,1H3,(H2,21,22,23)/t12-,15-,17-/m0/s1. The Balaban J connectivity index is 1.41. The number of hydrogen-bond donors (Lipinski definition) is 1. The van der Waals surface area contributed by atoms with Crippen LogP contribution in [0.2, 0.25) is 0 Å². The Morgan fingerprint density at radius 1 is 1.12 bits per heavy atom. The topological polar surface area (TPSA) is 131 Å². The molecule has 3 saturated heterocycles. The molecule has 0 radical (unpaired) electrons. The number of rotatable bonds is 4. The highest BCUT2D eigenvalue weighted by Crippen LogP contribution is 2.49. The average Bonchev–Trinajstić information content (AvgIpc) is 3.49. The maximum Gasteiger partial charge on any atom is 0.228 e. The molecule has 6 heterocycles. The molecule has 4 fully saturated rings. The summed E-state index contributed by atoms with van der Waals surface area (Å²) in [5, 5.41) is 0. The molecule has 4 aliphatic heterocycles. The molecule has 3 atom stereocenters. The minimum Gasteiger partial charge on any atom is -0.378 e. The summed E-state index contributed by atoms with van der Waals surface area (Å²) in [4.78, 5) is 22.7. The second-order valence-electron chi connectivity index (χ2n) is 8.93. The summed E-state index contributed by atoms with van der Waals surface area (Å²) in [7, 11) is -3.21. The molecule has 7 rings (SSSR count). The van der Waals surface area contributed by atoms with E-state index in [1.807, 2.05) is 0 Å². The van der Waals surface area contributed by atoms with Crippen molar-refractivity contribution < 1.29 is 13.2 Å². The van der Waals surface area contributed by atoms with E-state index in [2.05, 4.69) is 19.8 Å². The van der Waals surface area contributed by atoms with Crippen molar-refractivity contribution in [1.82, 2.24) is 24.2 Å². The van der Waals surface area contributed by atoms with Crippen LogP contribution in [-0.2, 0) is 21.2 Å². The number of anilines is 3. The molecule has 2 aromatic heterocycles. The molecular weight excluding hydrogens is 432 g/mol. The maximum absolute atomic E-state index is 12.2. The molecule has 12 heteroatoms. The highest BCUT2D eigenvalue weighted by molar-refractivity contribution is 7.88. The van der Waals surface area contributed by atoms with E-state index in [1.54, 1.807) is 16.7 Å². The molecular formula is C20H26N8O3S. The van der Waals surface area contributed by atoms with Gasteiger partial charge in [-0.05, 0) is 18.8 Å². The van der Waals surface area contributed by atoms with Crippen LogP contribution in [0.15, 0.2) is 12.4 Å². The van der Waals surface area contributed by atoms with Gasteiger partial charge in [-0.15, -0.1) is 0 Å². The lowest BCUT2D eigenvalue weighted by atomic mass is 9.79. The Morgan fingerprint density at radius 3 is 2.56 bits per heavy atom. The molecule has 2 N–H and O–H groups in total. The van der Waals surface area contributed by atoms with Crippen molar-refractivity contribution in [2.45, 2.75) is 24.9 Å². The fraction of sp³-hybridized carbons (Fsp3) is 0.600. The zero-order chi connectivity index (χ0) is 22.0. The minimum absolute atomic E-state index is 0.0195. The maximum atomic E-state index is 12.2. The first-order valence-corrected chi connectivity index (χ1v) is 12.8. The van der Waals surface area contributed by atoms with Gasteiger partial charge >= 0.3 is 0 Å². The Labute approximate surface area is 186 Å². The quantitative estimate of drug-likeness (QED) is 0.654. The zero-order valence-electron chi connectivity index (χ0n) is 17.9. The number of nitrogens with zero attached hydrogens (tertiary/aromatic N) is 7. The molecule has 0 unspecified atom stereocenters. The van der Waals surface area contributed by atoms with Crippen LogP contribution in [0.3, 0.4) is 0 Å². The third-order valence-electron chi connectivity index (χ3n) is 7.08. The van der Waals surface area contributed by atoms with Crippen molar-refractivity contribution in [2.75, 3.05) is 61.2 Å². The van der Waals surface area contributed by atoms with Gasteiger partial charge in [0.15, 0.2) is 0 Å². The van der Waals surface area contributed by atoms with Crippen LogP contribution in [0, 0.1) is 5.92 Å². The van der Waals surface area contributed by atoms with Crippen molar-refractivity contribution in [1.29, 1.82) is 0 Å². The number of nitrogens with two attached hydrogens (primary N) is 1. The number of fused-ring (bicyclic) bond motifs is 2. The number of morpholine rings is 1. The summed E-state index contributed by atoms with van der Waals surface area (Å²) in [6.07, 6.45) is 6.43. The van der Waals surface area contributed by atoms with Gasteiger partial charge in [-0.1, -0.05) is 0 Å². The second kappa shape index (κ2) is 7.22. The molecule has 0 aromatic carbocycles. The molecule has 5 aliphatic rings. The van der Waals surface area contributed by atoms with E-state index in [0.717, 1.165) is 55.1 Å². The van der Waals surface area contributed by atoms with Gasteiger partial charge in [0.05, 0.1) is 31.2 Å². The van der Waals surface area contributed by atoms with E-state index in [9.17, 15) is 8.42 Å². The van der Waals surface area contributed by atoms with Crippen LogP contribution in [0.4, 0.5) is 17.7 Å². The lowest BCUT2D eigenvalue weighted by Crippen LogP contribution is -2.55. The van der Waals surface area contributed by atoms with Gasteiger partial charge in [0, 0.05) is 55.7 Å². The number of ether oxygens (including phenoxy) is 1. The van der Waals surface area contributed by atoms with Gasteiger partial charge < -0.3 is 20.3 Å². The monoisotopic (exact) mass is 458 g/mol. The van der Waals surface area contributed by atoms with E-state index in [1.165, 1.54) is 6.26 Å². The lowest BCUT2D eigenvalue weighted by Gasteiger charge is -2.43. The highest BCUT2D eigenvalue weighted by Gasteiger charge is 2.58. The first kappa shape index (κ1) is 20.1. The van der Waals surface area contributed by atoms with Crippen LogP contribution in [0.25, 0.3) is 11.3 Å². The van der Waals surface area contributed by atoms with Crippen LogP contribution in [0.5, 0.6) is 0 Å². The molecule has 0 amide bonds. The number of nitrogen functional groups attached to an aromatic ring is 1. The van der Waals surface area contributed by atoms with Crippen molar-refractivity contribution in [2.24, 2.45) is 5.92 Å². The molecule has 2 bridgehead atoms. The predicted octanol–water partition coefficient (Wildman–Crippen LogP) is -0.253. The first-order valence-electron chi connectivity index (χ1n) is 10.9. The molecule has 32 heavy (non-hydrogen) atoms. The molecule has 170 valence electrons. The van der Waals surface area contributed by atoms with Crippen molar-refractivity contribution in [3.8, 4) is 11.3 Å². The van der Waals surface area contributed by atoms with E-state index < -0.39 is 10.0 Å². The third kappa shape index (κ3) is 3.11. The normalized spacial score (nSPS) is 27.5.